The topological polar surface area (TPSA) is 41.5 Å². The number of hydrogen-bond acceptors (Lipinski definition) is 2. The molecule has 3 rings (SSSR count). The summed E-state index contributed by atoms with van der Waals surface area (Å²) in [6.07, 6.45) is 2.94. The van der Waals surface area contributed by atoms with Crippen LogP contribution in [0, 0.1) is 0 Å². The number of benzene rings is 2. The highest BCUT2D eigenvalue weighted by atomic mass is 35.5. The first-order valence-corrected chi connectivity index (χ1v) is 7.81. The fourth-order valence-electron chi connectivity index (χ4n) is 2.57. The Morgan fingerprint density at radius 3 is 2.73 bits per heavy atom. The molecule has 0 spiro atoms. The molecule has 0 heterocycles. The molecule has 0 fully saturated rings. The second-order valence-corrected chi connectivity index (χ2v) is 5.98. The second kappa shape index (κ2) is 6.51. The molecule has 112 valence electrons. The van der Waals surface area contributed by atoms with Crippen LogP contribution in [0.15, 0.2) is 47.6 Å². The molecule has 0 bridgehead atoms. The van der Waals surface area contributed by atoms with Crippen molar-refractivity contribution >= 4 is 34.8 Å². The van der Waals surface area contributed by atoms with Gasteiger partial charge in [0.2, 0.25) is 0 Å². The number of halogens is 2. The Labute approximate surface area is 138 Å². The molecule has 22 heavy (non-hydrogen) atoms. The maximum absolute atomic E-state index is 12.2. The molecule has 0 saturated heterocycles. The molecule has 0 radical (unpaired) electrons. The van der Waals surface area contributed by atoms with Gasteiger partial charge in [-0.2, -0.15) is 5.10 Å². The number of rotatable bonds is 2. The number of hydrogen-bond donors (Lipinski definition) is 1. The number of nitrogens with zero attached hydrogens (tertiary/aromatic N) is 1. The van der Waals surface area contributed by atoms with Crippen LogP contribution >= 0.6 is 23.2 Å². The molecule has 3 nitrogen and oxygen atoms in total. The summed E-state index contributed by atoms with van der Waals surface area (Å²) in [7, 11) is 0. The number of carbonyl (C=O) groups excluding carboxylic acids is 1. The van der Waals surface area contributed by atoms with E-state index in [0.717, 1.165) is 30.5 Å². The highest BCUT2D eigenvalue weighted by Crippen LogP contribution is 2.22. The lowest BCUT2D eigenvalue weighted by Crippen LogP contribution is -2.22. The Morgan fingerprint density at radius 1 is 1.09 bits per heavy atom. The normalized spacial score (nSPS) is 15.5. The molecule has 2 aromatic rings. The fourth-order valence-corrected chi connectivity index (χ4v) is 3.06. The third-order valence-corrected chi connectivity index (χ3v) is 4.20. The average Bonchev–Trinajstić information content (AvgIpc) is 2.52. The van der Waals surface area contributed by atoms with Crippen molar-refractivity contribution in [2.24, 2.45) is 5.10 Å². The quantitative estimate of drug-likeness (QED) is 0.810. The smallest absolute Gasteiger partial charge is 0.267 e. The van der Waals surface area contributed by atoms with Crippen molar-refractivity contribution < 1.29 is 4.79 Å². The molecular formula is C17H14Cl2N2O. The Hall–Kier alpha value is -1.84. The van der Waals surface area contributed by atoms with Gasteiger partial charge >= 0.3 is 0 Å². The van der Waals surface area contributed by atoms with Gasteiger partial charge in [-0.3, -0.25) is 4.79 Å². The van der Waals surface area contributed by atoms with Crippen LogP contribution in [-0.4, -0.2) is 11.6 Å². The lowest BCUT2D eigenvalue weighted by molar-refractivity contribution is 0.0955. The molecule has 2 aromatic carbocycles. The third kappa shape index (κ3) is 3.16. The van der Waals surface area contributed by atoms with Gasteiger partial charge in [0, 0.05) is 10.6 Å². The number of hydrazone groups is 1. The summed E-state index contributed by atoms with van der Waals surface area (Å²) in [4.78, 5) is 12.2. The van der Waals surface area contributed by atoms with Crippen molar-refractivity contribution in [3.05, 3.63) is 69.2 Å². The standard InChI is InChI=1S/C17H14Cl2N2O/c18-12-8-9-14(15(19)10-12)17(22)21-20-16-7-3-5-11-4-1-2-6-13(11)16/h1-2,4,6,8-10H,3,5,7H2,(H,21,22). The van der Waals surface area contributed by atoms with Crippen LogP contribution < -0.4 is 5.43 Å². The maximum atomic E-state index is 12.2. The third-order valence-electron chi connectivity index (χ3n) is 3.66. The van der Waals surface area contributed by atoms with Crippen LogP contribution in [0.1, 0.15) is 34.3 Å². The second-order valence-electron chi connectivity index (χ2n) is 5.13. The predicted octanol–water partition coefficient (Wildman–Crippen LogP) is 4.46. The van der Waals surface area contributed by atoms with Crippen molar-refractivity contribution in [2.75, 3.05) is 0 Å². The molecule has 0 aliphatic heterocycles. The van der Waals surface area contributed by atoms with Gasteiger partial charge in [0.25, 0.3) is 5.91 Å². The van der Waals surface area contributed by atoms with Crippen LogP contribution in [-0.2, 0) is 6.42 Å². The van der Waals surface area contributed by atoms with Crippen molar-refractivity contribution in [2.45, 2.75) is 19.3 Å². The first-order valence-electron chi connectivity index (χ1n) is 7.05. The molecule has 0 atom stereocenters. The number of amides is 1. The summed E-state index contributed by atoms with van der Waals surface area (Å²) < 4.78 is 0. The van der Waals surface area contributed by atoms with Crippen LogP contribution in [0.5, 0.6) is 0 Å². The molecular weight excluding hydrogens is 319 g/mol. The maximum Gasteiger partial charge on any atom is 0.272 e. The van der Waals surface area contributed by atoms with Gasteiger partial charge in [-0.15, -0.1) is 0 Å². The lowest BCUT2D eigenvalue weighted by Gasteiger charge is -2.17. The number of aryl methyl sites for hydroxylation is 1. The van der Waals surface area contributed by atoms with Gasteiger partial charge in [0.1, 0.15) is 0 Å². The zero-order valence-electron chi connectivity index (χ0n) is 11.8. The molecule has 1 aliphatic rings. The van der Waals surface area contributed by atoms with Gasteiger partial charge in [0.15, 0.2) is 0 Å². The van der Waals surface area contributed by atoms with E-state index in [2.05, 4.69) is 16.6 Å². The van der Waals surface area contributed by atoms with Crippen LogP contribution in [0.2, 0.25) is 10.0 Å². The monoisotopic (exact) mass is 332 g/mol. The molecule has 0 unspecified atom stereocenters. The minimum Gasteiger partial charge on any atom is -0.267 e. The lowest BCUT2D eigenvalue weighted by atomic mass is 9.90. The van der Waals surface area contributed by atoms with E-state index in [0.29, 0.717) is 15.6 Å². The van der Waals surface area contributed by atoms with Crippen LogP contribution in [0.3, 0.4) is 0 Å². The van der Waals surface area contributed by atoms with E-state index in [1.807, 2.05) is 18.2 Å². The Bertz CT molecular complexity index is 756. The first kappa shape index (κ1) is 15.1. The summed E-state index contributed by atoms with van der Waals surface area (Å²) in [6.45, 7) is 0. The summed E-state index contributed by atoms with van der Waals surface area (Å²) >= 11 is 11.9. The highest BCUT2D eigenvalue weighted by molar-refractivity contribution is 6.36. The largest absolute Gasteiger partial charge is 0.272 e. The number of fused-ring (bicyclic) bond motifs is 1. The molecule has 1 amide bonds. The van der Waals surface area contributed by atoms with Crippen molar-refractivity contribution in [3.63, 3.8) is 0 Å². The van der Waals surface area contributed by atoms with E-state index < -0.39 is 0 Å². The highest BCUT2D eigenvalue weighted by Gasteiger charge is 2.16. The summed E-state index contributed by atoms with van der Waals surface area (Å²) in [6, 6.07) is 12.9. The minimum absolute atomic E-state index is 0.314. The molecule has 1 aliphatic carbocycles. The van der Waals surface area contributed by atoms with Gasteiger partial charge in [-0.05, 0) is 43.0 Å². The fraction of sp³-hybridized carbons (Fsp3) is 0.176. The summed E-state index contributed by atoms with van der Waals surface area (Å²) in [5.74, 6) is -0.336. The van der Waals surface area contributed by atoms with E-state index in [1.54, 1.807) is 18.2 Å². The molecule has 5 heteroatoms. The number of nitrogens with one attached hydrogen (secondary N) is 1. The molecule has 0 aromatic heterocycles. The zero-order valence-corrected chi connectivity index (χ0v) is 13.3. The van der Waals surface area contributed by atoms with Gasteiger partial charge in [-0.1, -0.05) is 47.5 Å². The summed E-state index contributed by atoms with van der Waals surface area (Å²) in [5.41, 5.74) is 6.23. The van der Waals surface area contributed by atoms with Gasteiger partial charge in [0.05, 0.1) is 16.3 Å². The SMILES string of the molecule is O=C(NN=C1CCCc2ccccc21)c1ccc(Cl)cc1Cl. The summed E-state index contributed by atoms with van der Waals surface area (Å²) in [5, 5.41) is 5.10. The Kier molecular flexibility index (Phi) is 4.46. The van der Waals surface area contributed by atoms with Gasteiger partial charge in [-0.25, -0.2) is 5.43 Å². The Morgan fingerprint density at radius 2 is 1.91 bits per heavy atom. The van der Waals surface area contributed by atoms with E-state index in [4.69, 9.17) is 23.2 Å². The van der Waals surface area contributed by atoms with Crippen molar-refractivity contribution in [3.8, 4) is 0 Å². The Balaban J connectivity index is 1.81. The van der Waals surface area contributed by atoms with Crippen molar-refractivity contribution in [1.82, 2.24) is 5.43 Å². The number of carbonyl (C=O) groups is 1. The first-order chi connectivity index (χ1) is 10.6. The zero-order chi connectivity index (χ0) is 15.5. The van der Waals surface area contributed by atoms with E-state index >= 15 is 0 Å². The van der Waals surface area contributed by atoms with Crippen LogP contribution in [0.25, 0.3) is 0 Å². The van der Waals surface area contributed by atoms with Crippen LogP contribution in [0.4, 0.5) is 0 Å². The van der Waals surface area contributed by atoms with E-state index in [-0.39, 0.29) is 5.91 Å². The van der Waals surface area contributed by atoms with E-state index in [9.17, 15) is 4.79 Å². The predicted molar refractivity (Wildman–Crippen MR) is 89.8 cm³/mol. The molecule has 0 saturated carbocycles. The molecule has 1 N–H and O–H groups in total. The van der Waals surface area contributed by atoms with Crippen molar-refractivity contribution in [1.29, 1.82) is 0 Å². The minimum atomic E-state index is -0.336. The average molecular weight is 333 g/mol. The van der Waals surface area contributed by atoms with E-state index in [1.165, 1.54) is 5.56 Å². The van der Waals surface area contributed by atoms with Gasteiger partial charge < -0.3 is 0 Å².